The molecule has 6 aromatic rings. The lowest BCUT2D eigenvalue weighted by atomic mass is 9.94. The molecule has 2 aliphatic carbocycles. The van der Waals surface area contributed by atoms with Crippen molar-refractivity contribution >= 4 is 126 Å². The number of ketones is 2. The maximum Gasteiger partial charge on any atom is 0.323 e. The smallest absolute Gasteiger partial charge is 0.308 e. The van der Waals surface area contributed by atoms with Gasteiger partial charge in [0.1, 0.15) is 9.81 Å². The van der Waals surface area contributed by atoms with Crippen LogP contribution in [0.2, 0.25) is 0 Å². The summed E-state index contributed by atoms with van der Waals surface area (Å²) < 4.78 is 135. The Hall–Kier alpha value is -7.49. The molecule has 0 fully saturated rings. The van der Waals surface area contributed by atoms with Crippen LogP contribution in [0, 0.1) is 0 Å². The number of urea groups is 1. The number of nitrogens with zero attached hydrogens (tertiary/aromatic N) is 2. The average molecular weight is 973 g/mol. The van der Waals surface area contributed by atoms with Gasteiger partial charge < -0.3 is 10.6 Å². The van der Waals surface area contributed by atoms with Crippen LogP contribution in [0.15, 0.2) is 139 Å². The minimum absolute atomic E-state index is 0.0262. The first-order valence-corrected chi connectivity index (χ1v) is 24.2. The Morgan fingerprint density at radius 1 is 0.424 bits per heavy atom. The van der Waals surface area contributed by atoms with Crippen LogP contribution in [0.3, 0.4) is 0 Å². The highest BCUT2D eigenvalue weighted by atomic mass is 32.2. The van der Waals surface area contributed by atoms with Crippen LogP contribution in [0.5, 0.6) is 0 Å². The van der Waals surface area contributed by atoms with Gasteiger partial charge in [-0.25, -0.2) is 4.79 Å². The summed E-state index contributed by atoms with van der Waals surface area (Å²) in [5, 5.41) is 14.7. The molecule has 0 atom stereocenters. The van der Waals surface area contributed by atoms with Crippen molar-refractivity contribution in [2.24, 2.45) is 10.2 Å². The molecule has 0 saturated carbocycles. The number of nitrogens with one attached hydrogen (secondary N) is 4. The SMILES string of the molecule is O=C(Nc1ccc2c(c1)C=C(S(=O)(=O)O)/C(=N\Nc1ccc3cc(S(=O)(=O)O)ccc3c1)C2=O)Nc1ccc2c(c1)C=C(S(=O)(=O)O)/C(=N\Nc1ccc3cc(S(=O)(=O)O)ccc3c1)C2=O. The topological polar surface area (TPSA) is 342 Å². The van der Waals surface area contributed by atoms with E-state index < -0.39 is 79.3 Å². The maximum absolute atomic E-state index is 13.6. The lowest BCUT2D eigenvalue weighted by Gasteiger charge is -2.18. The van der Waals surface area contributed by atoms with Gasteiger partial charge in [0.2, 0.25) is 11.6 Å². The third-order valence-corrected chi connectivity index (χ3v) is 13.4. The number of hydrazone groups is 2. The molecule has 66 heavy (non-hydrogen) atoms. The molecule has 6 aromatic carbocycles. The Bertz CT molecular complexity index is 3530. The number of benzene rings is 6. The van der Waals surface area contributed by atoms with Gasteiger partial charge in [-0.15, -0.1) is 0 Å². The molecular formula is C41H28N6O15S4. The number of rotatable bonds is 10. The molecule has 25 heteroatoms. The van der Waals surface area contributed by atoms with E-state index in [4.69, 9.17) is 0 Å². The van der Waals surface area contributed by atoms with Gasteiger partial charge in [0.05, 0.1) is 21.2 Å². The van der Waals surface area contributed by atoms with E-state index in [0.29, 0.717) is 21.5 Å². The van der Waals surface area contributed by atoms with Crippen molar-refractivity contribution in [3.63, 3.8) is 0 Å². The van der Waals surface area contributed by atoms with Crippen molar-refractivity contribution in [2.75, 3.05) is 21.5 Å². The average Bonchev–Trinajstić information content (AvgIpc) is 3.23. The van der Waals surface area contributed by atoms with Crippen LogP contribution in [0.25, 0.3) is 33.7 Å². The molecule has 0 radical (unpaired) electrons. The van der Waals surface area contributed by atoms with Gasteiger partial charge in [0.25, 0.3) is 40.5 Å². The number of fused-ring (bicyclic) bond motifs is 4. The summed E-state index contributed by atoms with van der Waals surface area (Å²) in [6, 6.07) is 23.2. The van der Waals surface area contributed by atoms with E-state index in [1.807, 2.05) is 0 Å². The number of carbonyl (C=O) groups excluding carboxylic acids is 3. The Labute approximate surface area is 373 Å². The lowest BCUT2D eigenvalue weighted by molar-refractivity contribution is 0.105. The van der Waals surface area contributed by atoms with Crippen molar-refractivity contribution < 1.29 is 66.3 Å². The van der Waals surface area contributed by atoms with Gasteiger partial charge in [-0.1, -0.05) is 24.3 Å². The fourth-order valence-corrected chi connectivity index (χ4v) is 9.23. The third kappa shape index (κ3) is 9.34. The van der Waals surface area contributed by atoms with Crippen molar-refractivity contribution in [3.05, 3.63) is 141 Å². The molecule has 8 rings (SSSR count). The maximum atomic E-state index is 13.6. The van der Waals surface area contributed by atoms with E-state index in [1.165, 1.54) is 109 Å². The zero-order valence-electron chi connectivity index (χ0n) is 32.9. The zero-order chi connectivity index (χ0) is 47.5. The number of anilines is 4. The third-order valence-electron chi connectivity index (χ3n) is 9.95. The van der Waals surface area contributed by atoms with E-state index in [0.717, 1.165) is 12.2 Å². The fraction of sp³-hybridized carbons (Fsp3) is 0. The van der Waals surface area contributed by atoms with Crippen LogP contribution in [-0.2, 0) is 40.5 Å². The van der Waals surface area contributed by atoms with Gasteiger partial charge in [0.15, 0.2) is 11.4 Å². The van der Waals surface area contributed by atoms with Gasteiger partial charge in [-0.3, -0.25) is 38.7 Å². The summed E-state index contributed by atoms with van der Waals surface area (Å²) in [7, 11) is -19.1. The Kier molecular flexibility index (Phi) is 11.3. The molecule has 0 bridgehead atoms. The summed E-state index contributed by atoms with van der Waals surface area (Å²) in [4.78, 5) is 37.8. The first kappa shape index (κ1) is 45.1. The van der Waals surface area contributed by atoms with E-state index >= 15 is 0 Å². The highest BCUT2D eigenvalue weighted by Gasteiger charge is 2.34. The first-order chi connectivity index (χ1) is 30.9. The number of amides is 2. The Morgan fingerprint density at radius 2 is 0.773 bits per heavy atom. The fourth-order valence-electron chi connectivity index (χ4n) is 6.88. The molecule has 0 aromatic heterocycles. The van der Waals surface area contributed by atoms with Crippen LogP contribution in [0.4, 0.5) is 27.5 Å². The van der Waals surface area contributed by atoms with Gasteiger partial charge in [0, 0.05) is 22.5 Å². The predicted octanol–water partition coefficient (Wildman–Crippen LogP) is 5.92. The monoisotopic (exact) mass is 972 g/mol. The normalized spacial score (nSPS) is 15.5. The van der Waals surface area contributed by atoms with Crippen molar-refractivity contribution in [1.29, 1.82) is 0 Å². The predicted molar refractivity (Wildman–Crippen MR) is 243 cm³/mol. The Morgan fingerprint density at radius 3 is 1.14 bits per heavy atom. The molecule has 0 saturated heterocycles. The number of Topliss-reactive ketones (excluding diaryl/α,β-unsaturated/α-hetero) is 2. The summed E-state index contributed by atoms with van der Waals surface area (Å²) in [6.45, 7) is 0. The zero-order valence-corrected chi connectivity index (χ0v) is 36.1. The molecule has 0 spiro atoms. The minimum atomic E-state index is -5.07. The number of hydrogen-bond acceptors (Lipinski definition) is 15. The van der Waals surface area contributed by atoms with Gasteiger partial charge in [-0.2, -0.15) is 43.9 Å². The summed E-state index contributed by atoms with van der Waals surface area (Å²) >= 11 is 0. The second-order valence-electron chi connectivity index (χ2n) is 14.4. The molecule has 336 valence electrons. The van der Waals surface area contributed by atoms with Crippen LogP contribution in [-0.4, -0.2) is 80.9 Å². The highest BCUT2D eigenvalue weighted by molar-refractivity contribution is 7.91. The number of allylic oxidation sites excluding steroid dienone is 2. The van der Waals surface area contributed by atoms with E-state index in [1.54, 1.807) is 0 Å². The van der Waals surface area contributed by atoms with Crippen molar-refractivity contribution in [3.8, 4) is 0 Å². The minimum Gasteiger partial charge on any atom is -0.308 e. The van der Waals surface area contributed by atoms with E-state index in [2.05, 4.69) is 31.7 Å². The summed E-state index contributed by atoms with van der Waals surface area (Å²) in [5.41, 5.74) is 4.15. The molecule has 8 N–H and O–H groups in total. The molecular weight excluding hydrogens is 945 g/mol. The largest absolute Gasteiger partial charge is 0.323 e. The molecule has 0 heterocycles. The van der Waals surface area contributed by atoms with Gasteiger partial charge in [-0.05, 0) is 130 Å². The molecule has 0 unspecified atom stereocenters. The summed E-state index contributed by atoms with van der Waals surface area (Å²) in [5.74, 6) is -1.83. The Balaban J connectivity index is 0.987. The quantitative estimate of drug-likeness (QED) is 0.0583. The van der Waals surface area contributed by atoms with Crippen LogP contribution < -0.4 is 21.5 Å². The lowest BCUT2D eigenvalue weighted by Crippen LogP contribution is -2.27. The second kappa shape index (κ2) is 16.5. The van der Waals surface area contributed by atoms with Crippen LogP contribution in [0.1, 0.15) is 31.8 Å². The molecule has 0 aliphatic heterocycles. The van der Waals surface area contributed by atoms with E-state index in [9.17, 15) is 66.3 Å². The molecule has 21 nitrogen and oxygen atoms in total. The van der Waals surface area contributed by atoms with Gasteiger partial charge >= 0.3 is 6.03 Å². The van der Waals surface area contributed by atoms with Crippen LogP contribution >= 0.6 is 0 Å². The number of carbonyl (C=O) groups is 3. The van der Waals surface area contributed by atoms with Crippen molar-refractivity contribution in [2.45, 2.75) is 9.79 Å². The van der Waals surface area contributed by atoms with Crippen molar-refractivity contribution in [1.82, 2.24) is 0 Å². The second-order valence-corrected chi connectivity index (χ2v) is 20.0. The summed E-state index contributed by atoms with van der Waals surface area (Å²) in [6.07, 6.45) is 1.93. The standard InChI is InChI=1S/C41H28N6O15S4/c48-39-33-11-7-27(15-25(33)19-35(65(57,58)59)37(39)46-44-29-5-1-23-17-31(63(51,52)53)9-3-21(23)13-29)42-41(50)43-28-8-12-34-26(16-28)20-36(66(60,61)62)38(40(34)49)47-45-30-6-2-24-18-32(64(54,55)56)10-4-22(24)14-30/h1-20,44-45H,(H2,42,43,50)(H,51,52,53)(H,54,55,56)(H,57,58,59)(H,60,61,62)/b46-37+,47-38+. The first-order valence-electron chi connectivity index (χ1n) is 18.5. The molecule has 2 amide bonds. The number of hydrogen-bond donors (Lipinski definition) is 8. The highest BCUT2D eigenvalue weighted by Crippen LogP contribution is 2.31. The van der Waals surface area contributed by atoms with E-state index in [-0.39, 0.29) is 54.8 Å². The molecule has 2 aliphatic rings.